The van der Waals surface area contributed by atoms with Gasteiger partial charge in [0, 0.05) is 18.8 Å². The van der Waals surface area contributed by atoms with Crippen LogP contribution >= 0.6 is 0 Å². The maximum absolute atomic E-state index is 13.0. The molecule has 1 aromatic carbocycles. The third kappa shape index (κ3) is 3.16. The smallest absolute Gasteiger partial charge is 0.123 e. The molecule has 21 heavy (non-hydrogen) atoms. The van der Waals surface area contributed by atoms with Crippen LogP contribution in [-0.2, 0) is 6.42 Å². The van der Waals surface area contributed by atoms with Crippen LogP contribution in [0.5, 0.6) is 0 Å². The van der Waals surface area contributed by atoms with Gasteiger partial charge in [-0.05, 0) is 62.4 Å². The van der Waals surface area contributed by atoms with E-state index in [-0.39, 0.29) is 5.82 Å². The van der Waals surface area contributed by atoms with E-state index in [4.69, 9.17) is 0 Å². The van der Waals surface area contributed by atoms with Crippen molar-refractivity contribution in [2.24, 2.45) is 0 Å². The Morgan fingerprint density at radius 1 is 1.29 bits per heavy atom. The fourth-order valence-corrected chi connectivity index (χ4v) is 3.26. The van der Waals surface area contributed by atoms with Gasteiger partial charge in [0.1, 0.15) is 5.82 Å². The molecule has 1 aliphatic heterocycles. The molecule has 3 rings (SSSR count). The van der Waals surface area contributed by atoms with Crippen molar-refractivity contribution in [2.45, 2.75) is 32.6 Å². The number of aromatic nitrogens is 2. The summed E-state index contributed by atoms with van der Waals surface area (Å²) in [6, 6.07) is 6.98. The largest absolute Gasteiger partial charge is 0.302 e. The van der Waals surface area contributed by atoms with Crippen LogP contribution in [0.25, 0.3) is 0 Å². The second-order valence-corrected chi connectivity index (χ2v) is 6.00. The number of hydrogen-bond acceptors (Lipinski definition) is 2. The van der Waals surface area contributed by atoms with E-state index in [2.05, 4.69) is 28.9 Å². The van der Waals surface area contributed by atoms with E-state index >= 15 is 0 Å². The zero-order chi connectivity index (χ0) is 14.8. The summed E-state index contributed by atoms with van der Waals surface area (Å²) in [6.07, 6.45) is 2.21. The number of rotatable bonds is 4. The van der Waals surface area contributed by atoms with E-state index in [0.29, 0.717) is 5.92 Å². The minimum atomic E-state index is -0.153. The Kier molecular flexibility index (Phi) is 4.06. The fraction of sp³-hybridized carbons (Fsp3) is 0.471. The average molecular weight is 287 g/mol. The molecule has 1 aliphatic rings. The predicted octanol–water partition coefficient (Wildman–Crippen LogP) is 3.20. The first-order valence-electron chi connectivity index (χ1n) is 7.61. The van der Waals surface area contributed by atoms with Crippen molar-refractivity contribution < 1.29 is 4.39 Å². The van der Waals surface area contributed by atoms with Gasteiger partial charge in [0.25, 0.3) is 0 Å². The van der Waals surface area contributed by atoms with Gasteiger partial charge in [0.2, 0.25) is 0 Å². The fourth-order valence-electron chi connectivity index (χ4n) is 3.26. The minimum absolute atomic E-state index is 0.153. The molecule has 4 heteroatoms. The van der Waals surface area contributed by atoms with Crippen molar-refractivity contribution in [3.63, 3.8) is 0 Å². The molecule has 0 bridgehead atoms. The molecule has 1 saturated heterocycles. The average Bonchev–Trinajstić information content (AvgIpc) is 3.06. The van der Waals surface area contributed by atoms with Crippen LogP contribution < -0.4 is 0 Å². The number of nitrogens with zero attached hydrogens (tertiary/aromatic N) is 2. The van der Waals surface area contributed by atoms with E-state index in [1.165, 1.54) is 16.8 Å². The third-order valence-corrected chi connectivity index (χ3v) is 4.57. The van der Waals surface area contributed by atoms with Crippen LogP contribution in [0.3, 0.4) is 0 Å². The number of H-pyrrole nitrogens is 1. The summed E-state index contributed by atoms with van der Waals surface area (Å²) in [5, 5.41) is 7.30. The molecule has 0 amide bonds. The van der Waals surface area contributed by atoms with Gasteiger partial charge in [-0.25, -0.2) is 4.39 Å². The van der Waals surface area contributed by atoms with Crippen LogP contribution in [0.15, 0.2) is 24.3 Å². The topological polar surface area (TPSA) is 31.9 Å². The summed E-state index contributed by atoms with van der Waals surface area (Å²) < 4.78 is 13.0. The summed E-state index contributed by atoms with van der Waals surface area (Å²) in [4.78, 5) is 2.50. The summed E-state index contributed by atoms with van der Waals surface area (Å²) in [7, 11) is 0. The number of aromatic amines is 1. The first kappa shape index (κ1) is 14.3. The summed E-state index contributed by atoms with van der Waals surface area (Å²) >= 11 is 0. The van der Waals surface area contributed by atoms with Crippen molar-refractivity contribution in [3.05, 3.63) is 52.6 Å². The van der Waals surface area contributed by atoms with Gasteiger partial charge >= 0.3 is 0 Å². The Labute approximate surface area is 125 Å². The monoisotopic (exact) mass is 287 g/mol. The van der Waals surface area contributed by atoms with Crippen molar-refractivity contribution in [3.8, 4) is 0 Å². The lowest BCUT2D eigenvalue weighted by Crippen LogP contribution is -2.23. The molecule has 0 radical (unpaired) electrons. The number of likely N-dealkylation sites (tertiary alicyclic amines) is 1. The van der Waals surface area contributed by atoms with Gasteiger partial charge in [-0.1, -0.05) is 12.1 Å². The Balaban J connectivity index is 1.56. The number of halogens is 1. The normalized spacial score (nSPS) is 19.3. The number of aryl methyl sites for hydroxylation is 2. The van der Waals surface area contributed by atoms with Crippen molar-refractivity contribution >= 4 is 0 Å². The highest BCUT2D eigenvalue weighted by Gasteiger charge is 2.23. The van der Waals surface area contributed by atoms with Gasteiger partial charge in [-0.15, -0.1) is 0 Å². The molecule has 1 atom stereocenters. The highest BCUT2D eigenvalue weighted by molar-refractivity contribution is 5.24. The maximum atomic E-state index is 13.0. The molecule has 1 fully saturated rings. The van der Waals surface area contributed by atoms with E-state index in [1.807, 2.05) is 12.1 Å². The third-order valence-electron chi connectivity index (χ3n) is 4.57. The van der Waals surface area contributed by atoms with Crippen molar-refractivity contribution in [1.82, 2.24) is 15.1 Å². The van der Waals surface area contributed by atoms with E-state index in [1.54, 1.807) is 12.1 Å². The molecule has 2 heterocycles. The summed E-state index contributed by atoms with van der Waals surface area (Å²) in [5.74, 6) is 0.386. The van der Waals surface area contributed by atoms with Crippen LogP contribution in [0.2, 0.25) is 0 Å². The Hall–Kier alpha value is -1.68. The minimum Gasteiger partial charge on any atom is -0.302 e. The SMILES string of the molecule is Cc1n[nH]c(C)c1CCN1CCC(c2ccc(F)cc2)C1. The van der Waals surface area contributed by atoms with Gasteiger partial charge in [0.05, 0.1) is 5.69 Å². The van der Waals surface area contributed by atoms with Crippen molar-refractivity contribution in [1.29, 1.82) is 0 Å². The zero-order valence-corrected chi connectivity index (χ0v) is 12.7. The zero-order valence-electron chi connectivity index (χ0n) is 12.7. The van der Waals surface area contributed by atoms with E-state index < -0.39 is 0 Å². The summed E-state index contributed by atoms with van der Waals surface area (Å²) in [6.45, 7) is 7.41. The standard InChI is InChI=1S/C17H22FN3/c1-12-17(13(2)20-19-12)8-10-21-9-7-15(11-21)14-3-5-16(18)6-4-14/h3-6,15H,7-11H2,1-2H3,(H,19,20). The molecule has 0 saturated carbocycles. The Morgan fingerprint density at radius 3 is 2.71 bits per heavy atom. The molecule has 0 spiro atoms. The highest BCUT2D eigenvalue weighted by atomic mass is 19.1. The van der Waals surface area contributed by atoms with Gasteiger partial charge < -0.3 is 4.90 Å². The first-order chi connectivity index (χ1) is 10.1. The van der Waals surface area contributed by atoms with Gasteiger partial charge in [-0.2, -0.15) is 5.10 Å². The molecule has 1 unspecified atom stereocenters. The first-order valence-corrected chi connectivity index (χ1v) is 7.61. The van der Waals surface area contributed by atoms with Crippen molar-refractivity contribution in [2.75, 3.05) is 19.6 Å². The van der Waals surface area contributed by atoms with Crippen LogP contribution in [0.4, 0.5) is 4.39 Å². The van der Waals surface area contributed by atoms with E-state index in [9.17, 15) is 4.39 Å². The molecular formula is C17H22FN3. The maximum Gasteiger partial charge on any atom is 0.123 e. The van der Waals surface area contributed by atoms with Gasteiger partial charge in [-0.3, -0.25) is 5.10 Å². The number of hydrogen-bond donors (Lipinski definition) is 1. The van der Waals surface area contributed by atoms with Crippen LogP contribution in [-0.4, -0.2) is 34.7 Å². The van der Waals surface area contributed by atoms with Gasteiger partial charge in [0.15, 0.2) is 0 Å². The lowest BCUT2D eigenvalue weighted by Gasteiger charge is -2.16. The Bertz CT molecular complexity index is 583. The highest BCUT2D eigenvalue weighted by Crippen LogP contribution is 2.27. The second-order valence-electron chi connectivity index (χ2n) is 6.00. The number of benzene rings is 1. The number of nitrogens with one attached hydrogen (secondary N) is 1. The van der Waals surface area contributed by atoms with Crippen LogP contribution in [0.1, 0.15) is 34.9 Å². The second kappa shape index (κ2) is 5.98. The van der Waals surface area contributed by atoms with Crippen LogP contribution in [0, 0.1) is 19.7 Å². The quantitative estimate of drug-likeness (QED) is 0.936. The molecule has 3 nitrogen and oxygen atoms in total. The van der Waals surface area contributed by atoms with E-state index in [0.717, 1.165) is 38.2 Å². The molecule has 0 aliphatic carbocycles. The molecule has 1 N–H and O–H groups in total. The lowest BCUT2D eigenvalue weighted by atomic mass is 9.99. The molecule has 112 valence electrons. The summed E-state index contributed by atoms with van der Waals surface area (Å²) in [5.41, 5.74) is 4.90. The molecular weight excluding hydrogens is 265 g/mol. The Morgan fingerprint density at radius 2 is 2.05 bits per heavy atom. The lowest BCUT2D eigenvalue weighted by molar-refractivity contribution is 0.338. The predicted molar refractivity (Wildman–Crippen MR) is 82.0 cm³/mol. The molecule has 2 aromatic rings. The molecule has 1 aromatic heterocycles.